The second-order valence-corrected chi connectivity index (χ2v) is 3.91. The Hall–Kier alpha value is -0.970. The van der Waals surface area contributed by atoms with Gasteiger partial charge in [0.15, 0.2) is 0 Å². The molecule has 1 amide bonds. The molecule has 0 rings (SSSR count). The summed E-state index contributed by atoms with van der Waals surface area (Å²) in [5, 5.41) is 2.91. The minimum atomic E-state index is -0.103. The first-order valence-corrected chi connectivity index (χ1v) is 5.95. The van der Waals surface area contributed by atoms with Crippen molar-refractivity contribution in [2.24, 2.45) is 5.92 Å². The molecule has 0 saturated heterocycles. The van der Waals surface area contributed by atoms with Crippen LogP contribution < -0.4 is 5.32 Å². The van der Waals surface area contributed by atoms with Crippen LogP contribution in [0.2, 0.25) is 0 Å². The van der Waals surface area contributed by atoms with Crippen molar-refractivity contribution in [2.45, 2.75) is 58.9 Å². The Bertz CT molecular complexity index is 211. The maximum absolute atomic E-state index is 11.8. The van der Waals surface area contributed by atoms with Gasteiger partial charge in [0, 0.05) is 5.92 Å². The maximum atomic E-state index is 11.8. The van der Waals surface area contributed by atoms with Crippen LogP contribution in [0.15, 0.2) is 0 Å². The van der Waals surface area contributed by atoms with Gasteiger partial charge in [-0.3, -0.25) is 4.79 Å². The molecule has 1 unspecified atom stereocenters. The molecule has 0 fully saturated rings. The maximum Gasteiger partial charge on any atom is 0.224 e. The van der Waals surface area contributed by atoms with Crippen LogP contribution in [-0.4, -0.2) is 11.9 Å². The normalized spacial score (nSPS) is 12.2. The van der Waals surface area contributed by atoms with Crippen molar-refractivity contribution >= 4 is 5.91 Å². The Balaban J connectivity index is 4.18. The zero-order valence-corrected chi connectivity index (χ0v) is 10.2. The summed E-state index contributed by atoms with van der Waals surface area (Å²) in [6.07, 6.45) is 10.1. The SMILES string of the molecule is C#CC(CC)NC(=O)C(CCC)CCC. The highest BCUT2D eigenvalue weighted by molar-refractivity contribution is 5.79. The predicted octanol–water partition coefficient (Wildman–Crippen LogP) is 2.73. The summed E-state index contributed by atoms with van der Waals surface area (Å²) in [6, 6.07) is -0.103. The molecule has 0 radical (unpaired) electrons. The molecule has 0 heterocycles. The van der Waals surface area contributed by atoms with Gasteiger partial charge in [-0.2, -0.15) is 0 Å². The molecule has 0 spiro atoms. The molecule has 2 nitrogen and oxygen atoms in total. The van der Waals surface area contributed by atoms with Crippen LogP contribution in [0.4, 0.5) is 0 Å². The third-order valence-corrected chi connectivity index (χ3v) is 2.57. The van der Waals surface area contributed by atoms with E-state index in [9.17, 15) is 4.79 Å². The largest absolute Gasteiger partial charge is 0.342 e. The van der Waals surface area contributed by atoms with Crippen molar-refractivity contribution in [1.82, 2.24) is 5.32 Å². The van der Waals surface area contributed by atoms with E-state index in [1.54, 1.807) is 0 Å². The first-order valence-electron chi connectivity index (χ1n) is 5.95. The second-order valence-electron chi connectivity index (χ2n) is 3.91. The molecule has 0 bridgehead atoms. The van der Waals surface area contributed by atoms with Gasteiger partial charge in [0.2, 0.25) is 5.91 Å². The van der Waals surface area contributed by atoms with E-state index >= 15 is 0 Å². The standard InChI is InChI=1S/C13H23NO/c1-5-9-11(10-6-2)13(15)14-12(7-3)8-4/h3,11-12H,5-6,8-10H2,1-2,4H3,(H,14,15). The Morgan fingerprint density at radius 3 is 2.13 bits per heavy atom. The minimum Gasteiger partial charge on any atom is -0.342 e. The fourth-order valence-corrected chi connectivity index (χ4v) is 1.65. The van der Waals surface area contributed by atoms with Gasteiger partial charge in [-0.1, -0.05) is 39.5 Å². The van der Waals surface area contributed by atoms with Crippen LogP contribution in [0.5, 0.6) is 0 Å². The summed E-state index contributed by atoms with van der Waals surface area (Å²) in [6.45, 7) is 6.20. The molecule has 0 saturated carbocycles. The van der Waals surface area contributed by atoms with Gasteiger partial charge in [0.25, 0.3) is 0 Å². The van der Waals surface area contributed by atoms with Crippen LogP contribution in [0.1, 0.15) is 52.9 Å². The number of hydrogen-bond donors (Lipinski definition) is 1. The predicted molar refractivity (Wildman–Crippen MR) is 64.4 cm³/mol. The van der Waals surface area contributed by atoms with Crippen molar-refractivity contribution in [3.8, 4) is 12.3 Å². The molecule has 86 valence electrons. The molecule has 0 aromatic carbocycles. The van der Waals surface area contributed by atoms with E-state index < -0.39 is 0 Å². The van der Waals surface area contributed by atoms with Crippen LogP contribution in [-0.2, 0) is 4.79 Å². The summed E-state index contributed by atoms with van der Waals surface area (Å²) in [5.41, 5.74) is 0. The first-order chi connectivity index (χ1) is 7.19. The summed E-state index contributed by atoms with van der Waals surface area (Å²) >= 11 is 0. The van der Waals surface area contributed by atoms with Crippen LogP contribution in [0.25, 0.3) is 0 Å². The van der Waals surface area contributed by atoms with Crippen molar-refractivity contribution < 1.29 is 4.79 Å². The van der Waals surface area contributed by atoms with Crippen molar-refractivity contribution in [1.29, 1.82) is 0 Å². The number of nitrogens with one attached hydrogen (secondary N) is 1. The van der Waals surface area contributed by atoms with Gasteiger partial charge < -0.3 is 5.32 Å². The summed E-state index contributed by atoms with van der Waals surface area (Å²) in [4.78, 5) is 11.8. The summed E-state index contributed by atoms with van der Waals surface area (Å²) in [7, 11) is 0. The number of carbonyl (C=O) groups is 1. The summed E-state index contributed by atoms with van der Waals surface area (Å²) in [5.74, 6) is 2.86. The highest BCUT2D eigenvalue weighted by Gasteiger charge is 2.18. The lowest BCUT2D eigenvalue weighted by atomic mass is 9.97. The quantitative estimate of drug-likeness (QED) is 0.642. The Morgan fingerprint density at radius 2 is 1.80 bits per heavy atom. The number of rotatable bonds is 7. The minimum absolute atomic E-state index is 0.103. The lowest BCUT2D eigenvalue weighted by Crippen LogP contribution is -2.37. The third kappa shape index (κ3) is 5.47. The molecule has 0 aliphatic heterocycles. The van der Waals surface area contributed by atoms with Crippen molar-refractivity contribution in [3.05, 3.63) is 0 Å². The van der Waals surface area contributed by atoms with E-state index in [4.69, 9.17) is 6.42 Å². The smallest absolute Gasteiger partial charge is 0.224 e. The highest BCUT2D eigenvalue weighted by atomic mass is 16.1. The Kier molecular flexibility index (Phi) is 7.81. The van der Waals surface area contributed by atoms with Crippen molar-refractivity contribution in [2.75, 3.05) is 0 Å². The van der Waals surface area contributed by atoms with Gasteiger partial charge in [-0.15, -0.1) is 6.42 Å². The van der Waals surface area contributed by atoms with Gasteiger partial charge in [-0.25, -0.2) is 0 Å². The molecule has 1 atom stereocenters. The molecular formula is C13H23NO. The lowest BCUT2D eigenvalue weighted by Gasteiger charge is -2.18. The molecular weight excluding hydrogens is 186 g/mol. The van der Waals surface area contributed by atoms with E-state index in [0.29, 0.717) is 0 Å². The van der Waals surface area contributed by atoms with E-state index in [1.807, 2.05) is 6.92 Å². The molecule has 15 heavy (non-hydrogen) atoms. The Morgan fingerprint density at radius 1 is 1.27 bits per heavy atom. The second kappa shape index (κ2) is 8.35. The zero-order chi connectivity index (χ0) is 11.7. The highest BCUT2D eigenvalue weighted by Crippen LogP contribution is 2.13. The molecule has 0 aliphatic rings. The monoisotopic (exact) mass is 209 g/mol. The summed E-state index contributed by atoms with van der Waals surface area (Å²) < 4.78 is 0. The van der Waals surface area contributed by atoms with Crippen LogP contribution in [0.3, 0.4) is 0 Å². The van der Waals surface area contributed by atoms with Gasteiger partial charge in [0.05, 0.1) is 6.04 Å². The number of terminal acetylenes is 1. The molecule has 2 heteroatoms. The fourth-order valence-electron chi connectivity index (χ4n) is 1.65. The number of amides is 1. The fraction of sp³-hybridized carbons (Fsp3) is 0.769. The molecule has 0 aromatic rings. The van der Waals surface area contributed by atoms with E-state index in [1.165, 1.54) is 0 Å². The van der Waals surface area contributed by atoms with Gasteiger partial charge in [-0.05, 0) is 19.3 Å². The van der Waals surface area contributed by atoms with Crippen LogP contribution >= 0.6 is 0 Å². The van der Waals surface area contributed by atoms with E-state index in [-0.39, 0.29) is 17.9 Å². The number of hydrogen-bond acceptors (Lipinski definition) is 1. The first kappa shape index (κ1) is 14.0. The van der Waals surface area contributed by atoms with Crippen molar-refractivity contribution in [3.63, 3.8) is 0 Å². The average molecular weight is 209 g/mol. The topological polar surface area (TPSA) is 29.1 Å². The van der Waals surface area contributed by atoms with E-state index in [2.05, 4.69) is 25.1 Å². The van der Waals surface area contributed by atoms with Gasteiger partial charge >= 0.3 is 0 Å². The Labute approximate surface area is 93.8 Å². The lowest BCUT2D eigenvalue weighted by molar-refractivity contribution is -0.125. The van der Waals surface area contributed by atoms with E-state index in [0.717, 1.165) is 32.1 Å². The third-order valence-electron chi connectivity index (χ3n) is 2.57. The molecule has 0 aromatic heterocycles. The molecule has 1 N–H and O–H groups in total. The van der Waals surface area contributed by atoms with Gasteiger partial charge in [0.1, 0.15) is 0 Å². The number of carbonyl (C=O) groups excluding carboxylic acids is 1. The van der Waals surface area contributed by atoms with Crippen LogP contribution in [0, 0.1) is 18.3 Å². The average Bonchev–Trinajstić information content (AvgIpc) is 2.25. The molecule has 0 aliphatic carbocycles. The zero-order valence-electron chi connectivity index (χ0n) is 10.2.